The number of carbonyl (C=O) groups excluding carboxylic acids is 1. The summed E-state index contributed by atoms with van der Waals surface area (Å²) < 4.78 is 24.9. The largest absolute Gasteiger partial charge is 0.308 e. The summed E-state index contributed by atoms with van der Waals surface area (Å²) in [6.45, 7) is 0.893. The predicted octanol–water partition coefficient (Wildman–Crippen LogP) is 3.22. The molecule has 11 heteroatoms. The topological polar surface area (TPSA) is 114 Å². The number of likely N-dealkylation sites (N-methyl/N-ethyl adjacent to an activating group) is 1. The molecule has 0 spiro atoms. The molecule has 0 aliphatic rings. The number of para-hydroxylation sites is 1. The van der Waals surface area contributed by atoms with Gasteiger partial charge in [-0.2, -0.15) is 0 Å². The number of hydrogen-bond acceptors (Lipinski definition) is 8. The first kappa shape index (κ1) is 23.5. The van der Waals surface area contributed by atoms with E-state index in [9.17, 15) is 23.3 Å². The van der Waals surface area contributed by atoms with Gasteiger partial charge < -0.3 is 4.90 Å². The van der Waals surface area contributed by atoms with E-state index in [1.54, 1.807) is 24.3 Å². The maximum atomic E-state index is 13.0. The summed E-state index contributed by atoms with van der Waals surface area (Å²) in [7, 11) is 0.272. The Balaban J connectivity index is 1.97. The van der Waals surface area contributed by atoms with Crippen LogP contribution in [-0.4, -0.2) is 62.6 Å². The maximum Gasteiger partial charge on any atom is 0.270 e. The Morgan fingerprint density at radius 2 is 1.91 bits per heavy atom. The van der Waals surface area contributed by atoms with Crippen molar-refractivity contribution in [2.45, 2.75) is 4.90 Å². The number of aromatic nitrogens is 1. The van der Waals surface area contributed by atoms with Crippen LogP contribution in [0, 0.1) is 10.1 Å². The van der Waals surface area contributed by atoms with Gasteiger partial charge in [0.2, 0.25) is 0 Å². The van der Waals surface area contributed by atoms with E-state index in [0.29, 0.717) is 34.0 Å². The average Bonchev–Trinajstić information content (AvgIpc) is 3.15. The summed E-state index contributed by atoms with van der Waals surface area (Å²) in [5, 5.41) is 11.3. The highest BCUT2D eigenvalue weighted by molar-refractivity contribution is 7.91. The van der Waals surface area contributed by atoms with Gasteiger partial charge in [0, 0.05) is 37.6 Å². The monoisotopic (exact) mass is 474 g/mol. The van der Waals surface area contributed by atoms with Crippen LogP contribution in [0.15, 0.2) is 53.4 Å². The first-order valence-electron chi connectivity index (χ1n) is 9.54. The van der Waals surface area contributed by atoms with Crippen molar-refractivity contribution in [2.24, 2.45) is 0 Å². The van der Waals surface area contributed by atoms with E-state index >= 15 is 0 Å². The summed E-state index contributed by atoms with van der Waals surface area (Å²) >= 11 is 1.23. The predicted molar refractivity (Wildman–Crippen MR) is 126 cm³/mol. The Morgan fingerprint density at radius 3 is 2.56 bits per heavy atom. The van der Waals surface area contributed by atoms with Crippen molar-refractivity contribution in [2.75, 3.05) is 38.3 Å². The molecule has 0 N–H and O–H groups in total. The normalized spacial score (nSPS) is 12.0. The first-order valence-corrected chi connectivity index (χ1v) is 12.3. The third-order valence-corrected chi connectivity index (χ3v) is 6.71. The van der Waals surface area contributed by atoms with Crippen LogP contribution >= 0.6 is 11.3 Å². The molecule has 2 aromatic carbocycles. The van der Waals surface area contributed by atoms with E-state index in [2.05, 4.69) is 4.98 Å². The third-order valence-electron chi connectivity index (χ3n) is 4.54. The van der Waals surface area contributed by atoms with Gasteiger partial charge in [-0.15, -0.1) is 0 Å². The summed E-state index contributed by atoms with van der Waals surface area (Å²) in [6, 6.07) is 10.9. The minimum Gasteiger partial charge on any atom is -0.308 e. The van der Waals surface area contributed by atoms with Crippen molar-refractivity contribution in [1.82, 2.24) is 9.88 Å². The second-order valence-corrected chi connectivity index (χ2v) is 10.3. The minimum absolute atomic E-state index is 0.0662. The molecule has 1 heterocycles. The Labute approximate surface area is 189 Å². The Morgan fingerprint density at radius 1 is 1.19 bits per heavy atom. The zero-order chi connectivity index (χ0) is 23.5. The molecule has 9 nitrogen and oxygen atoms in total. The van der Waals surface area contributed by atoms with Crippen molar-refractivity contribution >= 4 is 54.2 Å². The average molecular weight is 475 g/mol. The molecule has 168 valence electrons. The van der Waals surface area contributed by atoms with Crippen LogP contribution in [0.4, 0.5) is 10.8 Å². The summed E-state index contributed by atoms with van der Waals surface area (Å²) in [5.74, 6) is -0.363. The zero-order valence-corrected chi connectivity index (χ0v) is 19.4. The molecule has 0 saturated heterocycles. The number of fused-ring (bicyclic) bond motifs is 1. The molecule has 0 unspecified atom stereocenters. The van der Waals surface area contributed by atoms with E-state index in [-0.39, 0.29) is 16.5 Å². The smallest absolute Gasteiger partial charge is 0.270 e. The Kier molecular flexibility index (Phi) is 7.02. The number of carbonyl (C=O) groups is 1. The molecule has 0 radical (unpaired) electrons. The van der Waals surface area contributed by atoms with Gasteiger partial charge in [-0.25, -0.2) is 13.4 Å². The van der Waals surface area contributed by atoms with Crippen molar-refractivity contribution < 1.29 is 18.1 Å². The van der Waals surface area contributed by atoms with Crippen LogP contribution in [0.2, 0.25) is 0 Å². The maximum absolute atomic E-state index is 13.0. The molecule has 0 aliphatic heterocycles. The number of anilines is 1. The molecule has 3 aromatic rings. The second kappa shape index (κ2) is 9.55. The number of benzene rings is 2. The molecule has 1 amide bonds. The lowest BCUT2D eigenvalue weighted by atomic mass is 10.2. The van der Waals surface area contributed by atoms with Gasteiger partial charge in [-0.05, 0) is 37.9 Å². The molecule has 0 bridgehead atoms. The fourth-order valence-electron chi connectivity index (χ4n) is 2.93. The fourth-order valence-corrected chi connectivity index (χ4v) is 4.85. The number of non-ortho nitro benzene ring substituents is 1. The van der Waals surface area contributed by atoms with Gasteiger partial charge in [-0.3, -0.25) is 19.8 Å². The van der Waals surface area contributed by atoms with Gasteiger partial charge in [0.1, 0.15) is 5.52 Å². The molecule has 1 aromatic heterocycles. The summed E-state index contributed by atoms with van der Waals surface area (Å²) in [6.07, 6.45) is 3.96. The van der Waals surface area contributed by atoms with Crippen LogP contribution in [0.5, 0.6) is 0 Å². The van der Waals surface area contributed by atoms with Crippen LogP contribution in [0.1, 0.15) is 5.56 Å². The highest BCUT2D eigenvalue weighted by Crippen LogP contribution is 2.32. The molecule has 0 saturated carbocycles. The third kappa shape index (κ3) is 5.55. The molecule has 0 fully saturated rings. The number of nitro groups is 1. The van der Waals surface area contributed by atoms with Crippen molar-refractivity contribution in [1.29, 1.82) is 0 Å². The summed E-state index contributed by atoms with van der Waals surface area (Å²) in [4.78, 5) is 31.5. The van der Waals surface area contributed by atoms with Gasteiger partial charge in [0.25, 0.3) is 11.6 Å². The van der Waals surface area contributed by atoms with E-state index in [0.717, 1.165) is 6.26 Å². The lowest BCUT2D eigenvalue weighted by Gasteiger charge is -2.20. The van der Waals surface area contributed by atoms with Crippen LogP contribution in [-0.2, 0) is 14.6 Å². The number of nitrogens with zero attached hydrogens (tertiary/aromatic N) is 4. The van der Waals surface area contributed by atoms with Gasteiger partial charge in [0.05, 0.1) is 14.5 Å². The molecule has 3 rings (SSSR count). The van der Waals surface area contributed by atoms with Crippen molar-refractivity contribution in [3.63, 3.8) is 0 Å². The van der Waals surface area contributed by atoms with E-state index in [1.165, 1.54) is 46.6 Å². The second-order valence-electron chi connectivity index (χ2n) is 7.35. The first-order chi connectivity index (χ1) is 15.1. The minimum atomic E-state index is -3.48. The number of amides is 1. The highest BCUT2D eigenvalue weighted by Gasteiger charge is 2.21. The number of rotatable bonds is 8. The lowest BCUT2D eigenvalue weighted by Crippen LogP contribution is -2.35. The number of hydrogen-bond donors (Lipinski definition) is 0. The Bertz CT molecular complexity index is 1300. The highest BCUT2D eigenvalue weighted by atomic mass is 32.2. The number of thiazole rings is 1. The molecule has 32 heavy (non-hydrogen) atoms. The van der Waals surface area contributed by atoms with Crippen molar-refractivity contribution in [3.8, 4) is 0 Å². The van der Waals surface area contributed by atoms with E-state index in [4.69, 9.17) is 0 Å². The van der Waals surface area contributed by atoms with Gasteiger partial charge in [-0.1, -0.05) is 29.5 Å². The fraction of sp³-hybridized carbons (Fsp3) is 0.238. The SMILES string of the molecule is CN(C)CCN(C(=O)/C=C/c1cccc([N+](=O)[O-])c1)c1nc2c(S(C)(=O)=O)cccc2s1. The molecule has 0 aliphatic carbocycles. The van der Waals surface area contributed by atoms with Crippen molar-refractivity contribution in [3.05, 3.63) is 64.2 Å². The van der Waals surface area contributed by atoms with Crippen LogP contribution < -0.4 is 4.90 Å². The lowest BCUT2D eigenvalue weighted by molar-refractivity contribution is -0.384. The molecule has 0 atom stereocenters. The molecular weight excluding hydrogens is 452 g/mol. The Hall–Kier alpha value is -3.15. The van der Waals surface area contributed by atoms with Gasteiger partial charge >= 0.3 is 0 Å². The quantitative estimate of drug-likeness (QED) is 0.280. The van der Waals surface area contributed by atoms with Gasteiger partial charge in [0.15, 0.2) is 15.0 Å². The number of sulfone groups is 1. The summed E-state index contributed by atoms with van der Waals surface area (Å²) in [5.41, 5.74) is 0.785. The zero-order valence-electron chi connectivity index (χ0n) is 17.8. The van der Waals surface area contributed by atoms with Crippen LogP contribution in [0.3, 0.4) is 0 Å². The number of nitro benzene ring substituents is 1. The standard InChI is InChI=1S/C21H22N4O5S2/c1-23(2)12-13-24(19(26)11-10-15-6-4-7-16(14-15)25(27)28)21-22-20-17(31-21)8-5-9-18(20)32(3,29)30/h4-11,14H,12-13H2,1-3H3/b11-10+. The van der Waals surface area contributed by atoms with E-state index in [1.807, 2.05) is 19.0 Å². The molecular formula is C21H22N4O5S2. The van der Waals surface area contributed by atoms with Crippen LogP contribution in [0.25, 0.3) is 16.3 Å². The van der Waals surface area contributed by atoms with E-state index < -0.39 is 14.8 Å².